The number of halogens is 3. The second-order valence-corrected chi connectivity index (χ2v) is 3.56. The molecule has 0 radical (unpaired) electrons. The highest BCUT2D eigenvalue weighted by Gasteiger charge is 2.31. The molecule has 0 spiro atoms. The molecule has 0 unspecified atom stereocenters. The Labute approximate surface area is 101 Å². The van der Waals surface area contributed by atoms with Crippen molar-refractivity contribution in [2.45, 2.75) is 19.4 Å². The summed E-state index contributed by atoms with van der Waals surface area (Å²) in [6.07, 6.45) is -5.25. The molecule has 0 amide bonds. The van der Waals surface area contributed by atoms with Gasteiger partial charge in [-0.25, -0.2) is 0 Å². The lowest BCUT2D eigenvalue weighted by Gasteiger charge is -2.12. The van der Waals surface area contributed by atoms with E-state index in [0.717, 1.165) is 12.1 Å². The molecule has 4 nitrogen and oxygen atoms in total. The fourth-order valence-corrected chi connectivity index (χ4v) is 1.15. The van der Waals surface area contributed by atoms with Gasteiger partial charge in [0.25, 0.3) is 0 Å². The van der Waals surface area contributed by atoms with Crippen LogP contribution in [-0.2, 0) is 0 Å². The van der Waals surface area contributed by atoms with Gasteiger partial charge in [-0.05, 0) is 19.1 Å². The van der Waals surface area contributed by atoms with Crippen LogP contribution in [0.25, 0.3) is 0 Å². The Bertz CT molecular complexity index is 415. The predicted molar refractivity (Wildman–Crippen MR) is 55.7 cm³/mol. The number of carbonyl (C=O) groups excluding carboxylic acids is 1. The SMILES string of the molecule is C[C@@H](O)COc1cc(C=O)cc(OC(F)(F)F)c1. The van der Waals surface area contributed by atoms with Crippen molar-refractivity contribution in [2.75, 3.05) is 6.61 Å². The molecule has 1 aromatic rings. The number of carbonyl (C=O) groups is 1. The quantitative estimate of drug-likeness (QED) is 0.828. The summed E-state index contributed by atoms with van der Waals surface area (Å²) in [6, 6.07) is 3.18. The van der Waals surface area contributed by atoms with Crippen molar-refractivity contribution >= 4 is 6.29 Å². The Morgan fingerprint density at radius 2 is 1.94 bits per heavy atom. The molecule has 0 aliphatic carbocycles. The van der Waals surface area contributed by atoms with E-state index in [1.165, 1.54) is 13.0 Å². The summed E-state index contributed by atoms with van der Waals surface area (Å²) in [6.45, 7) is 1.35. The molecule has 100 valence electrons. The summed E-state index contributed by atoms with van der Waals surface area (Å²) in [5, 5.41) is 8.99. The van der Waals surface area contributed by atoms with Gasteiger partial charge >= 0.3 is 6.36 Å². The molecule has 0 aromatic heterocycles. The number of aliphatic hydroxyl groups excluding tert-OH is 1. The molecule has 0 aliphatic heterocycles. The third kappa shape index (κ3) is 5.05. The second kappa shape index (κ2) is 5.72. The van der Waals surface area contributed by atoms with Crippen LogP contribution >= 0.6 is 0 Å². The van der Waals surface area contributed by atoms with Crippen molar-refractivity contribution < 1.29 is 32.5 Å². The van der Waals surface area contributed by atoms with Crippen LogP contribution in [0.3, 0.4) is 0 Å². The zero-order chi connectivity index (χ0) is 13.8. The van der Waals surface area contributed by atoms with Gasteiger partial charge in [-0.3, -0.25) is 4.79 Å². The van der Waals surface area contributed by atoms with Crippen LogP contribution in [-0.4, -0.2) is 30.5 Å². The lowest BCUT2D eigenvalue weighted by Crippen LogP contribution is -2.17. The van der Waals surface area contributed by atoms with Crippen LogP contribution in [0.15, 0.2) is 18.2 Å². The monoisotopic (exact) mass is 264 g/mol. The number of aliphatic hydroxyl groups is 1. The number of benzene rings is 1. The van der Waals surface area contributed by atoms with Crippen LogP contribution in [0.2, 0.25) is 0 Å². The van der Waals surface area contributed by atoms with Gasteiger partial charge in [-0.2, -0.15) is 0 Å². The number of alkyl halides is 3. The van der Waals surface area contributed by atoms with Crippen molar-refractivity contribution in [2.24, 2.45) is 0 Å². The highest BCUT2D eigenvalue weighted by Crippen LogP contribution is 2.27. The molecule has 0 saturated heterocycles. The van der Waals surface area contributed by atoms with E-state index in [1.54, 1.807) is 0 Å². The summed E-state index contributed by atoms with van der Waals surface area (Å²) in [4.78, 5) is 10.6. The van der Waals surface area contributed by atoms with Crippen molar-refractivity contribution in [1.29, 1.82) is 0 Å². The third-order valence-corrected chi connectivity index (χ3v) is 1.76. The van der Waals surface area contributed by atoms with E-state index in [0.29, 0.717) is 6.29 Å². The van der Waals surface area contributed by atoms with E-state index in [2.05, 4.69) is 4.74 Å². The number of aldehydes is 1. The minimum absolute atomic E-state index is 0.0137. The zero-order valence-electron chi connectivity index (χ0n) is 9.40. The zero-order valence-corrected chi connectivity index (χ0v) is 9.40. The lowest BCUT2D eigenvalue weighted by atomic mass is 10.2. The summed E-state index contributed by atoms with van der Waals surface area (Å²) in [7, 11) is 0. The topological polar surface area (TPSA) is 55.8 Å². The first kappa shape index (κ1) is 14.3. The molecule has 0 saturated carbocycles. The van der Waals surface area contributed by atoms with Crippen LogP contribution in [0.4, 0.5) is 13.2 Å². The Morgan fingerprint density at radius 1 is 1.33 bits per heavy atom. The number of hydrogen-bond acceptors (Lipinski definition) is 4. The largest absolute Gasteiger partial charge is 0.573 e. The van der Waals surface area contributed by atoms with E-state index in [9.17, 15) is 18.0 Å². The van der Waals surface area contributed by atoms with Crippen molar-refractivity contribution in [3.05, 3.63) is 23.8 Å². The number of rotatable bonds is 5. The smallest absolute Gasteiger partial charge is 0.491 e. The second-order valence-electron chi connectivity index (χ2n) is 3.56. The summed E-state index contributed by atoms with van der Waals surface area (Å²) in [5.74, 6) is -0.535. The molecule has 18 heavy (non-hydrogen) atoms. The summed E-state index contributed by atoms with van der Waals surface area (Å²) >= 11 is 0. The number of ether oxygens (including phenoxy) is 2. The van der Waals surface area contributed by atoms with Gasteiger partial charge in [0.05, 0.1) is 6.10 Å². The molecule has 1 N–H and O–H groups in total. The van der Waals surface area contributed by atoms with Gasteiger partial charge in [-0.1, -0.05) is 0 Å². The Balaban J connectivity index is 2.90. The maximum atomic E-state index is 12.0. The van der Waals surface area contributed by atoms with Gasteiger partial charge in [0, 0.05) is 11.6 Å². The molecular formula is C11H11F3O4. The van der Waals surface area contributed by atoms with E-state index in [1.807, 2.05) is 0 Å². The molecule has 1 aromatic carbocycles. The van der Waals surface area contributed by atoms with E-state index >= 15 is 0 Å². The van der Waals surface area contributed by atoms with Gasteiger partial charge in [-0.15, -0.1) is 13.2 Å². The van der Waals surface area contributed by atoms with E-state index in [-0.39, 0.29) is 17.9 Å². The van der Waals surface area contributed by atoms with Crippen molar-refractivity contribution in [3.63, 3.8) is 0 Å². The minimum atomic E-state index is -4.84. The van der Waals surface area contributed by atoms with Crippen LogP contribution in [0.5, 0.6) is 11.5 Å². The van der Waals surface area contributed by atoms with Gasteiger partial charge in [0.15, 0.2) is 0 Å². The maximum absolute atomic E-state index is 12.0. The highest BCUT2D eigenvalue weighted by atomic mass is 19.4. The Morgan fingerprint density at radius 3 is 2.44 bits per heavy atom. The minimum Gasteiger partial charge on any atom is -0.491 e. The molecule has 0 fully saturated rings. The van der Waals surface area contributed by atoms with Crippen LogP contribution in [0, 0.1) is 0 Å². The van der Waals surface area contributed by atoms with Gasteiger partial charge in [0.2, 0.25) is 0 Å². The van der Waals surface area contributed by atoms with Crippen molar-refractivity contribution in [3.8, 4) is 11.5 Å². The molecule has 1 atom stereocenters. The molecule has 0 heterocycles. The fourth-order valence-electron chi connectivity index (χ4n) is 1.15. The molecular weight excluding hydrogens is 253 g/mol. The standard InChI is InChI=1S/C11H11F3O4/c1-7(16)6-17-9-2-8(5-15)3-10(4-9)18-11(12,13)14/h2-5,7,16H,6H2,1H3/t7-/m1/s1. The average Bonchev–Trinajstić information content (AvgIpc) is 2.23. The number of hydrogen-bond donors (Lipinski definition) is 1. The van der Waals surface area contributed by atoms with Gasteiger partial charge < -0.3 is 14.6 Å². The first-order chi connectivity index (χ1) is 8.30. The Kier molecular flexibility index (Phi) is 4.55. The first-order valence-electron chi connectivity index (χ1n) is 4.97. The van der Waals surface area contributed by atoms with Crippen LogP contribution < -0.4 is 9.47 Å². The lowest BCUT2D eigenvalue weighted by molar-refractivity contribution is -0.274. The third-order valence-electron chi connectivity index (χ3n) is 1.76. The summed E-state index contributed by atoms with van der Waals surface area (Å²) in [5.41, 5.74) is -0.0163. The van der Waals surface area contributed by atoms with Crippen LogP contribution in [0.1, 0.15) is 17.3 Å². The highest BCUT2D eigenvalue weighted by molar-refractivity contribution is 5.76. The van der Waals surface area contributed by atoms with E-state index in [4.69, 9.17) is 9.84 Å². The summed E-state index contributed by atoms with van der Waals surface area (Å²) < 4.78 is 44.8. The predicted octanol–water partition coefficient (Wildman–Crippen LogP) is 2.16. The fraction of sp³-hybridized carbons (Fsp3) is 0.364. The maximum Gasteiger partial charge on any atom is 0.573 e. The normalized spacial score (nSPS) is 12.9. The Hall–Kier alpha value is -1.76. The van der Waals surface area contributed by atoms with Crippen molar-refractivity contribution in [1.82, 2.24) is 0 Å². The average molecular weight is 264 g/mol. The first-order valence-corrected chi connectivity index (χ1v) is 4.97. The van der Waals surface area contributed by atoms with E-state index < -0.39 is 18.2 Å². The molecule has 1 rings (SSSR count). The molecule has 0 aliphatic rings. The van der Waals surface area contributed by atoms with Gasteiger partial charge in [0.1, 0.15) is 24.4 Å². The molecule has 0 bridgehead atoms. The molecule has 7 heteroatoms.